The van der Waals surface area contributed by atoms with Gasteiger partial charge in [0.25, 0.3) is 11.4 Å². The average molecular weight is 346 g/mol. The van der Waals surface area contributed by atoms with Crippen LogP contribution in [0.5, 0.6) is 5.75 Å². The molecule has 2 aromatic rings. The second-order valence-electron chi connectivity index (χ2n) is 4.77. The van der Waals surface area contributed by atoms with E-state index in [1.165, 1.54) is 12.1 Å². The van der Waals surface area contributed by atoms with Gasteiger partial charge in [-0.15, -0.1) is 0 Å². The molecule has 25 heavy (non-hydrogen) atoms. The first-order valence-corrected chi connectivity index (χ1v) is 7.01. The summed E-state index contributed by atoms with van der Waals surface area (Å²) in [6, 6.07) is 7.62. The lowest BCUT2D eigenvalue weighted by Gasteiger charge is -2.11. The summed E-state index contributed by atoms with van der Waals surface area (Å²) in [7, 11) is 0. The summed E-state index contributed by atoms with van der Waals surface area (Å²) in [5.74, 6) is -1.19. The number of carboxylic acids is 1. The lowest BCUT2D eigenvalue weighted by Crippen LogP contribution is -2.22. The Kier molecular flexibility index (Phi) is 5.12. The van der Waals surface area contributed by atoms with Crippen molar-refractivity contribution in [3.05, 3.63) is 62.2 Å². The van der Waals surface area contributed by atoms with E-state index >= 15 is 0 Å². The third-order valence-corrected chi connectivity index (χ3v) is 3.16. The summed E-state index contributed by atoms with van der Waals surface area (Å²) < 4.78 is 5.26. The Hall–Kier alpha value is -3.69. The Labute approximate surface area is 141 Å². The first-order chi connectivity index (χ1) is 11.8. The molecule has 0 saturated heterocycles. The van der Waals surface area contributed by atoms with Gasteiger partial charge in [0, 0.05) is 23.4 Å². The number of carbonyl (C=O) groups is 1. The highest BCUT2D eigenvalue weighted by atomic mass is 16.6. The number of ether oxygens (including phenoxy) is 1. The highest BCUT2D eigenvalue weighted by Gasteiger charge is 2.27. The molecule has 0 fully saturated rings. The van der Waals surface area contributed by atoms with E-state index < -0.39 is 38.4 Å². The van der Waals surface area contributed by atoms with Crippen molar-refractivity contribution in [1.82, 2.24) is 0 Å². The maximum Gasteiger partial charge on any atom is 0.300 e. The number of nitro benzene ring substituents is 2. The van der Waals surface area contributed by atoms with Gasteiger partial charge in [-0.1, -0.05) is 0 Å². The summed E-state index contributed by atoms with van der Waals surface area (Å²) in [6.45, 7) is 2.26. The molecule has 0 heterocycles. The van der Waals surface area contributed by atoms with Gasteiger partial charge < -0.3 is 20.0 Å². The Bertz CT molecular complexity index is 799. The van der Waals surface area contributed by atoms with Crippen molar-refractivity contribution in [2.24, 2.45) is 0 Å². The molecule has 0 aliphatic rings. The minimum atomic E-state index is -1.75. The van der Waals surface area contributed by atoms with Crippen LogP contribution in [0.1, 0.15) is 17.3 Å². The smallest absolute Gasteiger partial charge is 0.300 e. The number of aromatic carboxylic acids is 1. The van der Waals surface area contributed by atoms with E-state index in [-0.39, 0.29) is 0 Å². The van der Waals surface area contributed by atoms with E-state index in [1.54, 1.807) is 19.1 Å². The van der Waals surface area contributed by atoms with Crippen LogP contribution in [0.15, 0.2) is 36.4 Å². The summed E-state index contributed by atoms with van der Waals surface area (Å²) in [6.07, 6.45) is 0. The van der Waals surface area contributed by atoms with Crippen LogP contribution in [-0.2, 0) is 0 Å². The molecular weight excluding hydrogens is 334 g/mol. The van der Waals surface area contributed by atoms with Crippen LogP contribution >= 0.6 is 0 Å². The Morgan fingerprint density at radius 1 is 1.08 bits per heavy atom. The maximum atomic E-state index is 11.2. The first-order valence-electron chi connectivity index (χ1n) is 7.01. The largest absolute Gasteiger partial charge is 0.545 e. The lowest BCUT2D eigenvalue weighted by molar-refractivity contribution is -0.392. The SMILES string of the molecule is CCOc1ccc(Nc2c([N+](=O)[O-])cc(C(=O)[O-])cc2[N+](=O)[O-])cc1. The standard InChI is InChI=1S/C15H13N3O7/c1-2-25-11-5-3-10(4-6-11)16-14-12(17(21)22)7-9(15(19)20)8-13(14)18(23)24/h3-8,16H,2H2,1H3,(H,19,20)/p-1. The minimum Gasteiger partial charge on any atom is -0.545 e. The number of benzene rings is 2. The van der Waals surface area contributed by atoms with Crippen molar-refractivity contribution < 1.29 is 24.5 Å². The zero-order valence-electron chi connectivity index (χ0n) is 12.9. The number of carboxylic acid groups (broad SMARTS) is 1. The van der Waals surface area contributed by atoms with E-state index in [4.69, 9.17) is 4.74 Å². The van der Waals surface area contributed by atoms with Crippen molar-refractivity contribution in [3.8, 4) is 5.75 Å². The van der Waals surface area contributed by atoms with Crippen molar-refractivity contribution in [2.45, 2.75) is 6.92 Å². The maximum absolute atomic E-state index is 11.2. The highest BCUT2D eigenvalue weighted by molar-refractivity contribution is 5.92. The lowest BCUT2D eigenvalue weighted by atomic mass is 10.1. The van der Waals surface area contributed by atoms with Gasteiger partial charge in [0.2, 0.25) is 0 Å². The minimum absolute atomic E-state index is 0.329. The Morgan fingerprint density at radius 3 is 2.00 bits per heavy atom. The predicted molar refractivity (Wildman–Crippen MR) is 85.0 cm³/mol. The quantitative estimate of drug-likeness (QED) is 0.591. The molecular formula is C15H12N3O7-. The topological polar surface area (TPSA) is 148 Å². The predicted octanol–water partition coefficient (Wildman–Crippen LogP) is 2.01. The van der Waals surface area contributed by atoms with E-state index in [0.717, 1.165) is 0 Å². The highest BCUT2D eigenvalue weighted by Crippen LogP contribution is 2.37. The van der Waals surface area contributed by atoms with E-state index in [0.29, 0.717) is 30.2 Å². The molecule has 0 aliphatic carbocycles. The van der Waals surface area contributed by atoms with Gasteiger partial charge in [0.1, 0.15) is 5.75 Å². The molecule has 0 amide bonds. The van der Waals surface area contributed by atoms with Gasteiger partial charge in [0.15, 0.2) is 5.69 Å². The van der Waals surface area contributed by atoms with Crippen molar-refractivity contribution in [2.75, 3.05) is 11.9 Å². The average Bonchev–Trinajstić information content (AvgIpc) is 2.56. The van der Waals surface area contributed by atoms with Gasteiger partial charge >= 0.3 is 0 Å². The first kappa shape index (κ1) is 17.7. The molecule has 0 unspecified atom stereocenters. The number of nitro groups is 2. The van der Waals surface area contributed by atoms with Gasteiger partial charge in [0.05, 0.1) is 22.4 Å². The molecule has 10 heteroatoms. The number of hydrogen-bond donors (Lipinski definition) is 1. The van der Waals surface area contributed by atoms with Crippen molar-refractivity contribution >= 4 is 28.7 Å². The van der Waals surface area contributed by atoms with Crippen LogP contribution in [-0.4, -0.2) is 22.4 Å². The van der Waals surface area contributed by atoms with Gasteiger partial charge in [-0.3, -0.25) is 20.2 Å². The molecule has 130 valence electrons. The molecule has 2 rings (SSSR count). The molecule has 0 bridgehead atoms. The van der Waals surface area contributed by atoms with E-state index in [1.807, 2.05) is 0 Å². The molecule has 0 aromatic heterocycles. The van der Waals surface area contributed by atoms with Crippen LogP contribution in [0.2, 0.25) is 0 Å². The molecule has 2 aromatic carbocycles. The molecule has 0 atom stereocenters. The number of nitrogens with one attached hydrogen (secondary N) is 1. The fourth-order valence-corrected chi connectivity index (χ4v) is 2.09. The molecule has 1 N–H and O–H groups in total. The summed E-state index contributed by atoms with van der Waals surface area (Å²) in [4.78, 5) is 31.5. The van der Waals surface area contributed by atoms with Crippen molar-refractivity contribution in [1.29, 1.82) is 0 Å². The zero-order chi connectivity index (χ0) is 18.6. The number of nitrogens with zero attached hydrogens (tertiary/aromatic N) is 2. The van der Waals surface area contributed by atoms with Crippen LogP contribution in [0.4, 0.5) is 22.7 Å². The fraction of sp³-hybridized carbons (Fsp3) is 0.133. The number of carbonyl (C=O) groups excluding carboxylic acids is 1. The summed E-state index contributed by atoms with van der Waals surface area (Å²) >= 11 is 0. The van der Waals surface area contributed by atoms with Gasteiger partial charge in [-0.25, -0.2) is 0 Å². The number of hydrogen-bond acceptors (Lipinski definition) is 8. The molecule has 0 spiro atoms. The van der Waals surface area contributed by atoms with E-state index in [9.17, 15) is 30.1 Å². The molecule has 0 radical (unpaired) electrons. The zero-order valence-corrected chi connectivity index (χ0v) is 12.9. The van der Waals surface area contributed by atoms with Crippen LogP contribution in [0.3, 0.4) is 0 Å². The van der Waals surface area contributed by atoms with Crippen LogP contribution in [0.25, 0.3) is 0 Å². The second-order valence-corrected chi connectivity index (χ2v) is 4.77. The summed E-state index contributed by atoms with van der Waals surface area (Å²) in [5.41, 5.74) is -2.25. The summed E-state index contributed by atoms with van der Waals surface area (Å²) in [5, 5.41) is 35.9. The fourth-order valence-electron chi connectivity index (χ4n) is 2.09. The Morgan fingerprint density at radius 2 is 1.60 bits per heavy atom. The monoisotopic (exact) mass is 346 g/mol. The number of rotatable bonds is 7. The van der Waals surface area contributed by atoms with Crippen LogP contribution < -0.4 is 15.2 Å². The van der Waals surface area contributed by atoms with Gasteiger partial charge in [-0.2, -0.15) is 0 Å². The number of anilines is 2. The molecule has 0 saturated carbocycles. The van der Waals surface area contributed by atoms with Crippen molar-refractivity contribution in [3.63, 3.8) is 0 Å². The normalized spacial score (nSPS) is 10.1. The molecule has 10 nitrogen and oxygen atoms in total. The third kappa shape index (κ3) is 3.99. The Balaban J connectivity index is 2.52. The van der Waals surface area contributed by atoms with Crippen LogP contribution in [0, 0.1) is 20.2 Å². The third-order valence-electron chi connectivity index (χ3n) is 3.16. The van der Waals surface area contributed by atoms with E-state index in [2.05, 4.69) is 5.32 Å². The second kappa shape index (κ2) is 7.25. The van der Waals surface area contributed by atoms with Gasteiger partial charge in [-0.05, 0) is 31.2 Å². The molecule has 0 aliphatic heterocycles.